The summed E-state index contributed by atoms with van der Waals surface area (Å²) in [6.45, 7) is 0.339. The van der Waals surface area contributed by atoms with Crippen LogP contribution in [0.15, 0.2) is 36.4 Å². The highest BCUT2D eigenvalue weighted by molar-refractivity contribution is 7.90. The number of ether oxygens (including phenoxy) is 1. The van der Waals surface area contributed by atoms with Gasteiger partial charge in [-0.25, -0.2) is 8.42 Å². The van der Waals surface area contributed by atoms with E-state index in [0.717, 1.165) is 10.8 Å². The Balaban J connectivity index is 2.04. The molecule has 2 rings (SSSR count). The van der Waals surface area contributed by atoms with Gasteiger partial charge < -0.3 is 14.8 Å². The molecule has 7 heteroatoms. The highest BCUT2D eigenvalue weighted by Gasteiger charge is 2.11. The first-order valence-corrected chi connectivity index (χ1v) is 8.61. The Bertz CT molecular complexity index is 727. The van der Waals surface area contributed by atoms with Crippen molar-refractivity contribution >= 4 is 33.2 Å². The van der Waals surface area contributed by atoms with Gasteiger partial charge in [0, 0.05) is 6.26 Å². The van der Waals surface area contributed by atoms with E-state index >= 15 is 0 Å². The average molecular weight is 308 g/mol. The van der Waals surface area contributed by atoms with Gasteiger partial charge in [-0.3, -0.25) is 0 Å². The molecule has 0 radical (unpaired) electrons. The maximum atomic E-state index is 11.0. The average Bonchev–Trinajstić information content (AvgIpc) is 2.41. The molecule has 0 saturated heterocycles. The summed E-state index contributed by atoms with van der Waals surface area (Å²) in [5, 5.41) is 20.1. The highest BCUT2D eigenvalue weighted by Crippen LogP contribution is 2.20. The molecule has 2 N–H and O–H groups in total. The first-order valence-electron chi connectivity index (χ1n) is 6.55. The van der Waals surface area contributed by atoms with Crippen LogP contribution in [0.2, 0.25) is 0 Å². The fourth-order valence-corrected chi connectivity index (χ4v) is 2.65. The molecule has 0 spiro atoms. The molecule has 0 aliphatic carbocycles. The summed E-state index contributed by atoms with van der Waals surface area (Å²) in [6.07, 6.45) is 1.66. The van der Waals surface area contributed by atoms with Gasteiger partial charge in [-0.05, 0) is 34.8 Å². The summed E-state index contributed by atoms with van der Waals surface area (Å²) in [7, 11) is -4.44. The summed E-state index contributed by atoms with van der Waals surface area (Å²) >= 11 is 0. The number of rotatable bonds is 6. The molecule has 2 aromatic carbocycles. The molecule has 112 valence electrons. The number of sulfone groups is 1. The van der Waals surface area contributed by atoms with Crippen LogP contribution in [0.25, 0.3) is 10.8 Å². The second-order valence-corrected chi connectivity index (χ2v) is 7.23. The van der Waals surface area contributed by atoms with Gasteiger partial charge in [-0.15, -0.1) is 0 Å². The molecule has 0 atom stereocenters. The summed E-state index contributed by atoms with van der Waals surface area (Å²) in [5.74, 6) is 0.770. The molecule has 0 bridgehead atoms. The van der Waals surface area contributed by atoms with Crippen LogP contribution < -0.4 is 10.2 Å². The normalized spacial score (nSPS) is 11.6. The lowest BCUT2D eigenvalue weighted by Gasteiger charge is -2.08. The van der Waals surface area contributed by atoms with Crippen LogP contribution in [0.3, 0.4) is 0 Å². The number of hydrogen-bond donors (Lipinski definition) is 2. The summed E-state index contributed by atoms with van der Waals surface area (Å²) in [6, 6.07) is 10.6. The Morgan fingerprint density at radius 1 is 1.10 bits per heavy atom. The second kappa shape index (κ2) is 6.47. The van der Waals surface area contributed by atoms with Crippen LogP contribution >= 0.6 is 0 Å². The van der Waals surface area contributed by atoms with Gasteiger partial charge in [0.05, 0.1) is 12.4 Å². The van der Waals surface area contributed by atoms with Crippen molar-refractivity contribution < 1.29 is 23.2 Å². The quantitative estimate of drug-likeness (QED) is 0.593. The monoisotopic (exact) mass is 308 g/mol. The Labute approximate surface area is 124 Å². The van der Waals surface area contributed by atoms with Crippen molar-refractivity contribution in [3.05, 3.63) is 36.4 Å². The van der Waals surface area contributed by atoms with Gasteiger partial charge in [-0.2, -0.15) is 0 Å². The summed E-state index contributed by atoms with van der Waals surface area (Å²) < 4.78 is 27.5. The van der Waals surface area contributed by atoms with Crippen molar-refractivity contribution in [3.8, 4) is 5.75 Å². The molecular weight excluding hydrogens is 291 g/mol. The number of hydrogen-bond acceptors (Lipinski definition) is 5. The van der Waals surface area contributed by atoms with Crippen LogP contribution in [0.5, 0.6) is 5.75 Å². The first kappa shape index (κ1) is 15.8. The van der Waals surface area contributed by atoms with E-state index in [0.29, 0.717) is 24.2 Å². The topological polar surface area (TPSA) is 83.8 Å². The van der Waals surface area contributed by atoms with Crippen LogP contribution in [-0.2, 0) is 9.84 Å². The van der Waals surface area contributed by atoms with E-state index in [2.05, 4.69) is 0 Å². The minimum atomic E-state index is -2.95. The smallest absolute Gasteiger partial charge is 0.488 e. The molecular formula is C14H17BO5S. The maximum Gasteiger partial charge on any atom is 0.488 e. The third-order valence-corrected chi connectivity index (χ3v) is 4.09. The van der Waals surface area contributed by atoms with Crippen LogP contribution in [0, 0.1) is 0 Å². The molecule has 0 amide bonds. The third-order valence-electron chi connectivity index (χ3n) is 3.06. The second-order valence-electron chi connectivity index (χ2n) is 4.97. The summed E-state index contributed by atoms with van der Waals surface area (Å²) in [4.78, 5) is 0. The first-order chi connectivity index (χ1) is 9.85. The van der Waals surface area contributed by atoms with Crippen LogP contribution in [-0.4, -0.2) is 44.2 Å². The molecule has 21 heavy (non-hydrogen) atoms. The Morgan fingerprint density at radius 3 is 2.43 bits per heavy atom. The maximum absolute atomic E-state index is 11.0. The molecule has 0 unspecified atom stereocenters. The molecule has 0 aliphatic heterocycles. The van der Waals surface area contributed by atoms with Crippen molar-refractivity contribution in [2.75, 3.05) is 18.6 Å². The predicted octanol–water partition coefficient (Wildman–Crippen LogP) is 0.333. The van der Waals surface area contributed by atoms with Gasteiger partial charge in [0.1, 0.15) is 15.6 Å². The lowest BCUT2D eigenvalue weighted by molar-refractivity contribution is 0.318. The Hall–Kier alpha value is -1.57. The van der Waals surface area contributed by atoms with E-state index < -0.39 is 17.0 Å². The van der Waals surface area contributed by atoms with Gasteiger partial charge in [-0.1, -0.05) is 24.3 Å². The zero-order chi connectivity index (χ0) is 15.5. The Kier molecular flexibility index (Phi) is 4.87. The standard InChI is InChI=1S/C14H17BO5S/c1-21(18,19)8-2-7-20-14-6-4-11-9-13(15(16)17)5-3-12(11)10-14/h3-6,9-10,16-17H,2,7-8H2,1H3. The van der Waals surface area contributed by atoms with Crippen molar-refractivity contribution in [2.24, 2.45) is 0 Å². The molecule has 5 nitrogen and oxygen atoms in total. The molecule has 0 aliphatic rings. The van der Waals surface area contributed by atoms with E-state index in [1.807, 2.05) is 12.1 Å². The van der Waals surface area contributed by atoms with Crippen molar-refractivity contribution in [2.45, 2.75) is 6.42 Å². The minimum Gasteiger partial charge on any atom is -0.494 e. The van der Waals surface area contributed by atoms with Gasteiger partial charge >= 0.3 is 7.12 Å². The number of fused-ring (bicyclic) bond motifs is 1. The van der Waals surface area contributed by atoms with E-state index in [-0.39, 0.29) is 5.75 Å². The van der Waals surface area contributed by atoms with Gasteiger partial charge in [0.15, 0.2) is 0 Å². The van der Waals surface area contributed by atoms with Crippen molar-refractivity contribution in [1.82, 2.24) is 0 Å². The predicted molar refractivity (Wildman–Crippen MR) is 83.6 cm³/mol. The van der Waals surface area contributed by atoms with Crippen molar-refractivity contribution in [3.63, 3.8) is 0 Å². The number of benzene rings is 2. The molecule has 0 saturated carbocycles. The zero-order valence-corrected chi connectivity index (χ0v) is 12.5. The van der Waals surface area contributed by atoms with E-state index in [4.69, 9.17) is 14.8 Å². The SMILES string of the molecule is CS(=O)(=O)CCCOc1ccc2cc(B(O)O)ccc2c1. The van der Waals surface area contributed by atoms with E-state index in [1.54, 1.807) is 24.3 Å². The van der Waals surface area contributed by atoms with E-state index in [1.165, 1.54) is 6.26 Å². The largest absolute Gasteiger partial charge is 0.494 e. The lowest BCUT2D eigenvalue weighted by atomic mass is 9.79. The fraction of sp³-hybridized carbons (Fsp3) is 0.286. The van der Waals surface area contributed by atoms with Crippen LogP contribution in [0.4, 0.5) is 0 Å². The molecule has 0 aromatic heterocycles. The Morgan fingerprint density at radius 2 is 1.76 bits per heavy atom. The lowest BCUT2D eigenvalue weighted by Crippen LogP contribution is -2.29. The van der Waals surface area contributed by atoms with E-state index in [9.17, 15) is 8.42 Å². The third kappa shape index (κ3) is 4.73. The molecule has 0 heterocycles. The zero-order valence-electron chi connectivity index (χ0n) is 11.7. The minimum absolute atomic E-state index is 0.109. The van der Waals surface area contributed by atoms with Crippen LogP contribution in [0.1, 0.15) is 6.42 Å². The molecule has 0 fully saturated rings. The van der Waals surface area contributed by atoms with Gasteiger partial charge in [0.25, 0.3) is 0 Å². The molecule has 2 aromatic rings. The fourth-order valence-electron chi connectivity index (χ4n) is 2.00. The van der Waals surface area contributed by atoms with Crippen molar-refractivity contribution in [1.29, 1.82) is 0 Å². The summed E-state index contributed by atoms with van der Waals surface area (Å²) in [5.41, 5.74) is 0.435. The van der Waals surface area contributed by atoms with Gasteiger partial charge in [0.2, 0.25) is 0 Å². The highest BCUT2D eigenvalue weighted by atomic mass is 32.2.